The van der Waals surface area contributed by atoms with Crippen LogP contribution in [-0.4, -0.2) is 30.6 Å². The molecular formula is C15H20N2O3. The van der Waals surface area contributed by atoms with E-state index < -0.39 is 5.91 Å². The average molecular weight is 276 g/mol. The highest BCUT2D eigenvalue weighted by Crippen LogP contribution is 2.18. The Morgan fingerprint density at radius 2 is 2.00 bits per heavy atom. The van der Waals surface area contributed by atoms with Crippen molar-refractivity contribution in [2.24, 2.45) is 5.73 Å². The standard InChI is InChI=1S/C15H20N2O3/c1-2-12(13-4-3-9-20-13)17-15(19)11-7-5-10(6-8-11)14(16)18/h5-8,12-13H,2-4,9H2,1H3,(H2,16,18)(H,17,19). The summed E-state index contributed by atoms with van der Waals surface area (Å²) in [6, 6.07) is 6.37. The molecule has 1 aromatic rings. The van der Waals surface area contributed by atoms with Gasteiger partial charge in [0.1, 0.15) is 0 Å². The number of ether oxygens (including phenoxy) is 1. The van der Waals surface area contributed by atoms with E-state index in [0.717, 1.165) is 25.9 Å². The summed E-state index contributed by atoms with van der Waals surface area (Å²) in [5.74, 6) is -0.647. The van der Waals surface area contributed by atoms with Gasteiger partial charge in [-0.25, -0.2) is 0 Å². The molecule has 2 atom stereocenters. The molecule has 5 heteroatoms. The molecule has 1 aromatic carbocycles. The van der Waals surface area contributed by atoms with Gasteiger partial charge >= 0.3 is 0 Å². The van der Waals surface area contributed by atoms with Crippen molar-refractivity contribution >= 4 is 11.8 Å². The smallest absolute Gasteiger partial charge is 0.251 e. The molecular weight excluding hydrogens is 256 g/mol. The summed E-state index contributed by atoms with van der Waals surface area (Å²) < 4.78 is 5.62. The summed E-state index contributed by atoms with van der Waals surface area (Å²) in [6.45, 7) is 2.80. The van der Waals surface area contributed by atoms with E-state index in [9.17, 15) is 9.59 Å². The van der Waals surface area contributed by atoms with E-state index in [4.69, 9.17) is 10.5 Å². The van der Waals surface area contributed by atoms with Gasteiger partial charge in [0.2, 0.25) is 5.91 Å². The van der Waals surface area contributed by atoms with Crippen LogP contribution in [0.4, 0.5) is 0 Å². The van der Waals surface area contributed by atoms with Crippen molar-refractivity contribution in [1.29, 1.82) is 0 Å². The zero-order valence-electron chi connectivity index (χ0n) is 11.6. The van der Waals surface area contributed by atoms with E-state index in [0.29, 0.717) is 11.1 Å². The highest BCUT2D eigenvalue weighted by Gasteiger charge is 2.26. The molecule has 2 amide bonds. The molecule has 0 spiro atoms. The molecule has 2 rings (SSSR count). The first kappa shape index (κ1) is 14.5. The van der Waals surface area contributed by atoms with Crippen molar-refractivity contribution in [2.75, 3.05) is 6.61 Å². The van der Waals surface area contributed by atoms with Crippen molar-refractivity contribution in [3.63, 3.8) is 0 Å². The Kier molecular flexibility index (Phi) is 4.74. The summed E-state index contributed by atoms with van der Waals surface area (Å²) in [5.41, 5.74) is 6.08. The minimum atomic E-state index is -0.497. The monoisotopic (exact) mass is 276 g/mol. The third-order valence-corrected chi connectivity index (χ3v) is 3.60. The third kappa shape index (κ3) is 3.36. The Balaban J connectivity index is 2.00. The van der Waals surface area contributed by atoms with Gasteiger partial charge in [-0.3, -0.25) is 9.59 Å². The maximum atomic E-state index is 12.2. The Morgan fingerprint density at radius 1 is 1.35 bits per heavy atom. The number of carbonyl (C=O) groups is 2. The Labute approximate surface area is 118 Å². The number of hydrogen-bond acceptors (Lipinski definition) is 3. The highest BCUT2D eigenvalue weighted by atomic mass is 16.5. The van der Waals surface area contributed by atoms with Crippen molar-refractivity contribution in [1.82, 2.24) is 5.32 Å². The lowest BCUT2D eigenvalue weighted by atomic mass is 10.0. The number of nitrogens with one attached hydrogen (secondary N) is 1. The van der Waals surface area contributed by atoms with Gasteiger partial charge in [-0.05, 0) is 43.5 Å². The number of nitrogens with two attached hydrogens (primary N) is 1. The predicted octanol–water partition coefficient (Wildman–Crippen LogP) is 1.47. The normalized spacial score (nSPS) is 19.6. The molecule has 3 N–H and O–H groups in total. The molecule has 20 heavy (non-hydrogen) atoms. The maximum Gasteiger partial charge on any atom is 0.251 e. The molecule has 108 valence electrons. The van der Waals surface area contributed by atoms with Gasteiger partial charge in [0, 0.05) is 17.7 Å². The van der Waals surface area contributed by atoms with Gasteiger partial charge in [0.05, 0.1) is 12.1 Å². The minimum absolute atomic E-state index is 0.0285. The Hall–Kier alpha value is -1.88. The van der Waals surface area contributed by atoms with Crippen LogP contribution in [0.1, 0.15) is 46.9 Å². The zero-order valence-corrected chi connectivity index (χ0v) is 11.6. The summed E-state index contributed by atoms with van der Waals surface area (Å²) in [7, 11) is 0. The fourth-order valence-corrected chi connectivity index (χ4v) is 2.42. The molecule has 1 aliphatic rings. The maximum absolute atomic E-state index is 12.2. The number of carbonyl (C=O) groups excluding carboxylic acids is 2. The van der Waals surface area contributed by atoms with Crippen LogP contribution in [0.3, 0.4) is 0 Å². The van der Waals surface area contributed by atoms with Crippen LogP contribution in [0.15, 0.2) is 24.3 Å². The van der Waals surface area contributed by atoms with Crippen molar-refractivity contribution in [2.45, 2.75) is 38.3 Å². The molecule has 0 aromatic heterocycles. The van der Waals surface area contributed by atoms with Crippen LogP contribution in [-0.2, 0) is 4.74 Å². The molecule has 0 bridgehead atoms. The number of amides is 2. The molecule has 2 unspecified atom stereocenters. The van der Waals surface area contributed by atoms with Crippen LogP contribution in [0.2, 0.25) is 0 Å². The van der Waals surface area contributed by atoms with E-state index in [-0.39, 0.29) is 18.1 Å². The lowest BCUT2D eigenvalue weighted by Crippen LogP contribution is -2.42. The fourth-order valence-electron chi connectivity index (χ4n) is 2.42. The van der Waals surface area contributed by atoms with E-state index in [2.05, 4.69) is 5.32 Å². The van der Waals surface area contributed by atoms with Crippen LogP contribution in [0.5, 0.6) is 0 Å². The predicted molar refractivity (Wildman–Crippen MR) is 75.5 cm³/mol. The number of primary amides is 1. The number of benzene rings is 1. The first-order chi connectivity index (χ1) is 9.61. The third-order valence-electron chi connectivity index (χ3n) is 3.60. The van der Waals surface area contributed by atoms with Crippen molar-refractivity contribution in [3.8, 4) is 0 Å². The summed E-state index contributed by atoms with van der Waals surface area (Å²) in [4.78, 5) is 23.2. The van der Waals surface area contributed by atoms with Crippen molar-refractivity contribution in [3.05, 3.63) is 35.4 Å². The second kappa shape index (κ2) is 6.52. The minimum Gasteiger partial charge on any atom is -0.376 e. The van der Waals surface area contributed by atoms with E-state index in [1.54, 1.807) is 24.3 Å². The molecule has 1 saturated heterocycles. The van der Waals surface area contributed by atoms with Gasteiger partial charge < -0.3 is 15.8 Å². The lowest BCUT2D eigenvalue weighted by Gasteiger charge is -2.22. The highest BCUT2D eigenvalue weighted by molar-refractivity contribution is 5.97. The van der Waals surface area contributed by atoms with Crippen LogP contribution < -0.4 is 11.1 Å². The second-order valence-corrected chi connectivity index (χ2v) is 4.98. The van der Waals surface area contributed by atoms with E-state index >= 15 is 0 Å². The lowest BCUT2D eigenvalue weighted by molar-refractivity contribution is 0.0665. The van der Waals surface area contributed by atoms with E-state index in [1.165, 1.54) is 0 Å². The summed E-state index contributed by atoms with van der Waals surface area (Å²) in [5, 5.41) is 2.99. The number of hydrogen-bond donors (Lipinski definition) is 2. The van der Waals surface area contributed by atoms with Crippen LogP contribution in [0, 0.1) is 0 Å². The van der Waals surface area contributed by atoms with Crippen molar-refractivity contribution < 1.29 is 14.3 Å². The molecule has 1 fully saturated rings. The fraction of sp³-hybridized carbons (Fsp3) is 0.467. The van der Waals surface area contributed by atoms with Gasteiger partial charge in [-0.2, -0.15) is 0 Å². The zero-order chi connectivity index (χ0) is 14.5. The average Bonchev–Trinajstić information content (AvgIpc) is 2.98. The molecule has 1 heterocycles. The molecule has 1 aliphatic heterocycles. The summed E-state index contributed by atoms with van der Waals surface area (Å²) >= 11 is 0. The molecule has 0 radical (unpaired) electrons. The summed E-state index contributed by atoms with van der Waals surface area (Å²) in [6.07, 6.45) is 2.97. The first-order valence-electron chi connectivity index (χ1n) is 6.94. The van der Waals surface area contributed by atoms with Gasteiger partial charge in [0.15, 0.2) is 0 Å². The van der Waals surface area contributed by atoms with Gasteiger partial charge in [-0.1, -0.05) is 6.92 Å². The second-order valence-electron chi connectivity index (χ2n) is 4.98. The van der Waals surface area contributed by atoms with Crippen LogP contribution >= 0.6 is 0 Å². The first-order valence-corrected chi connectivity index (χ1v) is 6.94. The van der Waals surface area contributed by atoms with E-state index in [1.807, 2.05) is 6.92 Å². The Bertz CT molecular complexity index is 478. The molecule has 0 aliphatic carbocycles. The van der Waals surface area contributed by atoms with Gasteiger partial charge in [0.25, 0.3) is 5.91 Å². The van der Waals surface area contributed by atoms with Crippen LogP contribution in [0.25, 0.3) is 0 Å². The topological polar surface area (TPSA) is 81.4 Å². The van der Waals surface area contributed by atoms with Gasteiger partial charge in [-0.15, -0.1) is 0 Å². The molecule has 0 saturated carbocycles. The SMILES string of the molecule is CCC(NC(=O)c1ccc(C(N)=O)cc1)C1CCCO1. The number of rotatable bonds is 5. The molecule has 5 nitrogen and oxygen atoms in total. The quantitative estimate of drug-likeness (QED) is 0.854. The Morgan fingerprint density at radius 3 is 2.50 bits per heavy atom. The largest absolute Gasteiger partial charge is 0.376 e.